The van der Waals surface area contributed by atoms with Crippen molar-refractivity contribution in [2.45, 2.75) is 19.8 Å². The molecule has 0 aliphatic heterocycles. The van der Waals surface area contributed by atoms with Crippen molar-refractivity contribution in [2.24, 2.45) is 0 Å². The lowest BCUT2D eigenvalue weighted by Crippen LogP contribution is -2.31. The molecule has 2 aromatic rings. The van der Waals surface area contributed by atoms with Crippen LogP contribution in [-0.4, -0.2) is 52.7 Å². The number of amides is 1. The number of benzene rings is 1. The number of hydrogen-bond acceptors (Lipinski definition) is 5. The Morgan fingerprint density at radius 1 is 1.32 bits per heavy atom. The minimum atomic E-state index is -0.441. The van der Waals surface area contributed by atoms with Crippen molar-refractivity contribution in [1.82, 2.24) is 20.0 Å². The Labute approximate surface area is 146 Å². The van der Waals surface area contributed by atoms with E-state index in [1.807, 2.05) is 25.9 Å². The fourth-order valence-electron chi connectivity index (χ4n) is 2.47. The van der Waals surface area contributed by atoms with Crippen molar-refractivity contribution < 1.29 is 9.72 Å². The summed E-state index contributed by atoms with van der Waals surface area (Å²) in [5, 5.41) is 18.0. The number of hydrogen-bond donors (Lipinski definition) is 1. The first-order valence-corrected chi connectivity index (χ1v) is 8.18. The fraction of sp³-hybridized carbons (Fsp3) is 0.412. The number of aromatic nitrogens is 2. The molecule has 1 N–H and O–H groups in total. The molecule has 1 aromatic heterocycles. The van der Waals surface area contributed by atoms with Gasteiger partial charge < -0.3 is 10.2 Å². The molecule has 0 aliphatic rings. The molecule has 1 amide bonds. The Kier molecular flexibility index (Phi) is 6.24. The van der Waals surface area contributed by atoms with Gasteiger partial charge in [-0.3, -0.25) is 14.9 Å². The maximum Gasteiger partial charge on any atom is 0.269 e. The van der Waals surface area contributed by atoms with E-state index < -0.39 is 4.92 Å². The van der Waals surface area contributed by atoms with Crippen molar-refractivity contribution in [1.29, 1.82) is 0 Å². The van der Waals surface area contributed by atoms with E-state index >= 15 is 0 Å². The van der Waals surface area contributed by atoms with Gasteiger partial charge in [0.25, 0.3) is 11.6 Å². The smallest absolute Gasteiger partial charge is 0.269 e. The van der Waals surface area contributed by atoms with Crippen LogP contribution in [0.15, 0.2) is 30.5 Å². The van der Waals surface area contributed by atoms with Crippen molar-refractivity contribution in [2.75, 3.05) is 27.2 Å². The van der Waals surface area contributed by atoms with E-state index in [2.05, 4.69) is 10.4 Å². The summed E-state index contributed by atoms with van der Waals surface area (Å²) in [6.45, 7) is 3.34. The molecule has 0 aliphatic carbocycles. The first-order valence-electron chi connectivity index (χ1n) is 8.18. The predicted molar refractivity (Wildman–Crippen MR) is 95.1 cm³/mol. The minimum Gasteiger partial charge on any atom is -0.351 e. The molecule has 0 unspecified atom stereocenters. The number of carbonyl (C=O) groups is 1. The summed E-state index contributed by atoms with van der Waals surface area (Å²) < 4.78 is 1.67. The highest BCUT2D eigenvalue weighted by Crippen LogP contribution is 2.19. The van der Waals surface area contributed by atoms with Gasteiger partial charge in [0.1, 0.15) is 0 Å². The standard InChI is InChI=1S/C17H23N5O3/c1-4-5-16-15(17(23)18-10-11-20(2)3)12-19-21(16)13-6-8-14(9-7-13)22(24)25/h6-9,12H,4-5,10-11H2,1-3H3,(H,18,23). The second-order valence-electron chi connectivity index (χ2n) is 6.00. The summed E-state index contributed by atoms with van der Waals surface area (Å²) in [5.41, 5.74) is 2.06. The fourth-order valence-corrected chi connectivity index (χ4v) is 2.47. The highest BCUT2D eigenvalue weighted by Gasteiger charge is 2.18. The summed E-state index contributed by atoms with van der Waals surface area (Å²) in [5.74, 6) is -0.154. The van der Waals surface area contributed by atoms with Crippen molar-refractivity contribution in [3.63, 3.8) is 0 Å². The maximum atomic E-state index is 12.4. The molecule has 0 spiro atoms. The van der Waals surface area contributed by atoms with E-state index in [4.69, 9.17) is 0 Å². The highest BCUT2D eigenvalue weighted by molar-refractivity contribution is 5.95. The SMILES string of the molecule is CCCc1c(C(=O)NCCN(C)C)cnn1-c1ccc([N+](=O)[O-])cc1. The van der Waals surface area contributed by atoms with E-state index in [0.717, 1.165) is 18.7 Å². The number of non-ortho nitro benzene ring substituents is 1. The zero-order chi connectivity index (χ0) is 18.4. The highest BCUT2D eigenvalue weighted by atomic mass is 16.6. The second kappa shape index (κ2) is 8.39. The van der Waals surface area contributed by atoms with E-state index in [0.29, 0.717) is 24.2 Å². The Morgan fingerprint density at radius 2 is 2.00 bits per heavy atom. The van der Waals surface area contributed by atoms with Gasteiger partial charge in [0, 0.05) is 25.2 Å². The van der Waals surface area contributed by atoms with Gasteiger partial charge in [0.15, 0.2) is 0 Å². The van der Waals surface area contributed by atoms with Crippen LogP contribution in [0, 0.1) is 10.1 Å². The largest absolute Gasteiger partial charge is 0.351 e. The van der Waals surface area contributed by atoms with Gasteiger partial charge in [-0.05, 0) is 32.6 Å². The molecule has 8 heteroatoms. The third-order valence-electron chi connectivity index (χ3n) is 3.75. The van der Waals surface area contributed by atoms with E-state index in [9.17, 15) is 14.9 Å². The molecule has 0 saturated heterocycles. The van der Waals surface area contributed by atoms with Gasteiger partial charge in [0.2, 0.25) is 0 Å². The Morgan fingerprint density at radius 3 is 2.56 bits per heavy atom. The van der Waals surface area contributed by atoms with Gasteiger partial charge in [-0.15, -0.1) is 0 Å². The van der Waals surface area contributed by atoms with Crippen LogP contribution in [0.3, 0.4) is 0 Å². The van der Waals surface area contributed by atoms with Crippen LogP contribution >= 0.6 is 0 Å². The molecule has 1 aromatic carbocycles. The predicted octanol–water partition coefficient (Wildman–Crippen LogP) is 2.02. The maximum absolute atomic E-state index is 12.4. The van der Waals surface area contributed by atoms with Gasteiger partial charge in [0.05, 0.1) is 28.1 Å². The Bertz CT molecular complexity index is 737. The molecule has 0 saturated carbocycles. The van der Waals surface area contributed by atoms with Crippen molar-refractivity contribution in [3.8, 4) is 5.69 Å². The van der Waals surface area contributed by atoms with E-state index in [-0.39, 0.29) is 11.6 Å². The van der Waals surface area contributed by atoms with Gasteiger partial charge >= 0.3 is 0 Å². The molecule has 25 heavy (non-hydrogen) atoms. The van der Waals surface area contributed by atoms with Crippen LogP contribution in [-0.2, 0) is 6.42 Å². The molecule has 0 bridgehead atoms. The summed E-state index contributed by atoms with van der Waals surface area (Å²) in [4.78, 5) is 24.8. The number of carbonyl (C=O) groups excluding carboxylic acids is 1. The van der Waals surface area contributed by atoms with Crippen LogP contribution < -0.4 is 5.32 Å². The monoisotopic (exact) mass is 345 g/mol. The van der Waals surface area contributed by atoms with Crippen LogP contribution in [0.5, 0.6) is 0 Å². The number of nitrogens with one attached hydrogen (secondary N) is 1. The molecule has 134 valence electrons. The summed E-state index contributed by atoms with van der Waals surface area (Å²) in [7, 11) is 3.89. The lowest BCUT2D eigenvalue weighted by atomic mass is 10.1. The third-order valence-corrected chi connectivity index (χ3v) is 3.75. The van der Waals surface area contributed by atoms with Crippen LogP contribution in [0.1, 0.15) is 29.4 Å². The number of nitro groups is 1. The number of rotatable bonds is 8. The molecule has 1 heterocycles. The number of nitrogens with zero attached hydrogens (tertiary/aromatic N) is 4. The molecule has 2 rings (SSSR count). The first-order chi connectivity index (χ1) is 11.9. The van der Waals surface area contributed by atoms with Gasteiger partial charge in [-0.1, -0.05) is 13.3 Å². The van der Waals surface area contributed by atoms with E-state index in [1.165, 1.54) is 12.1 Å². The van der Waals surface area contributed by atoms with Gasteiger partial charge in [-0.2, -0.15) is 5.10 Å². The molecule has 0 radical (unpaired) electrons. The zero-order valence-electron chi connectivity index (χ0n) is 14.7. The first kappa shape index (κ1) is 18.6. The van der Waals surface area contributed by atoms with Crippen molar-refractivity contribution in [3.05, 3.63) is 51.8 Å². The average Bonchev–Trinajstić information content (AvgIpc) is 2.98. The van der Waals surface area contributed by atoms with Gasteiger partial charge in [-0.25, -0.2) is 4.68 Å². The summed E-state index contributed by atoms with van der Waals surface area (Å²) in [6.07, 6.45) is 3.10. The van der Waals surface area contributed by atoms with E-state index in [1.54, 1.807) is 23.0 Å². The molecular weight excluding hydrogens is 322 g/mol. The number of nitro benzene ring substituents is 1. The normalized spacial score (nSPS) is 10.9. The van der Waals surface area contributed by atoms with Crippen molar-refractivity contribution >= 4 is 11.6 Å². The molecule has 0 fully saturated rings. The topological polar surface area (TPSA) is 93.3 Å². The second-order valence-corrected chi connectivity index (χ2v) is 6.00. The zero-order valence-corrected chi connectivity index (χ0v) is 14.7. The molecule has 8 nitrogen and oxygen atoms in total. The molecule has 0 atom stereocenters. The quantitative estimate of drug-likeness (QED) is 0.583. The lowest BCUT2D eigenvalue weighted by molar-refractivity contribution is -0.384. The summed E-state index contributed by atoms with van der Waals surface area (Å²) in [6, 6.07) is 6.14. The minimum absolute atomic E-state index is 0.0228. The number of likely N-dealkylation sites (N-methyl/N-ethyl adjacent to an activating group) is 1. The molecular formula is C17H23N5O3. The summed E-state index contributed by atoms with van der Waals surface area (Å²) >= 11 is 0. The lowest BCUT2D eigenvalue weighted by Gasteiger charge is -2.11. The Hall–Kier alpha value is -2.74. The van der Waals surface area contributed by atoms with Crippen LogP contribution in [0.4, 0.5) is 5.69 Å². The Balaban J connectivity index is 2.26. The average molecular weight is 345 g/mol. The van der Waals surface area contributed by atoms with Crippen LogP contribution in [0.2, 0.25) is 0 Å². The third kappa shape index (κ3) is 4.63. The van der Waals surface area contributed by atoms with Crippen LogP contribution in [0.25, 0.3) is 5.69 Å².